The highest BCUT2D eigenvalue weighted by molar-refractivity contribution is 7.91. The van der Waals surface area contributed by atoms with Crippen LogP contribution in [-0.2, 0) is 16.4 Å². The number of nitrogens with two attached hydrogens (primary N) is 1. The number of sulfone groups is 1. The van der Waals surface area contributed by atoms with Gasteiger partial charge in [-0.1, -0.05) is 25.5 Å². The quantitative estimate of drug-likeness (QED) is 0.760. The third-order valence-electron chi connectivity index (χ3n) is 2.82. The van der Waals surface area contributed by atoms with E-state index in [1.807, 2.05) is 0 Å². The van der Waals surface area contributed by atoms with Crippen LogP contribution in [0.4, 0.5) is 0 Å². The molecule has 6 nitrogen and oxygen atoms in total. The zero-order valence-corrected chi connectivity index (χ0v) is 11.9. The fourth-order valence-corrected chi connectivity index (χ4v) is 2.50. The van der Waals surface area contributed by atoms with Crippen LogP contribution in [0.3, 0.4) is 0 Å². The van der Waals surface area contributed by atoms with E-state index in [1.165, 1.54) is 0 Å². The molecule has 1 aromatic heterocycles. The van der Waals surface area contributed by atoms with Crippen molar-refractivity contribution < 1.29 is 8.42 Å². The molecule has 7 heteroatoms. The summed E-state index contributed by atoms with van der Waals surface area (Å²) in [6.07, 6.45) is 4.24. The molecule has 0 aliphatic heterocycles. The Morgan fingerprint density at radius 3 is 2.78 bits per heavy atom. The van der Waals surface area contributed by atoms with Gasteiger partial charge in [0.15, 0.2) is 0 Å². The molecule has 0 aliphatic rings. The van der Waals surface area contributed by atoms with Crippen LogP contribution in [0.15, 0.2) is 6.20 Å². The maximum atomic E-state index is 11.3. The monoisotopic (exact) mass is 274 g/mol. The molecule has 0 aliphatic carbocycles. The highest BCUT2D eigenvalue weighted by Crippen LogP contribution is 2.12. The molecule has 0 aromatic carbocycles. The van der Waals surface area contributed by atoms with E-state index in [9.17, 15) is 8.42 Å². The highest BCUT2D eigenvalue weighted by Gasteiger charge is 2.10. The Hall–Kier alpha value is -0.950. The Bertz CT molecular complexity index is 455. The second kappa shape index (κ2) is 6.84. The van der Waals surface area contributed by atoms with Crippen LogP contribution in [0.25, 0.3) is 0 Å². The van der Waals surface area contributed by atoms with E-state index in [0.29, 0.717) is 13.0 Å². The molecule has 18 heavy (non-hydrogen) atoms. The van der Waals surface area contributed by atoms with E-state index >= 15 is 0 Å². The van der Waals surface area contributed by atoms with Gasteiger partial charge in [-0.2, -0.15) is 0 Å². The Labute approximate surface area is 108 Å². The van der Waals surface area contributed by atoms with Crippen molar-refractivity contribution in [1.29, 1.82) is 0 Å². The Balaban J connectivity index is 2.45. The Kier molecular flexibility index (Phi) is 5.74. The SMILES string of the molecule is CCCC(N)c1cn(CCCS(=O)(=O)CC)nn1. The first-order valence-electron chi connectivity index (χ1n) is 6.34. The minimum absolute atomic E-state index is 0.0804. The molecule has 0 fully saturated rings. The molecule has 1 unspecified atom stereocenters. The number of aryl methyl sites for hydroxylation is 1. The van der Waals surface area contributed by atoms with Crippen molar-refractivity contribution in [1.82, 2.24) is 15.0 Å². The average Bonchev–Trinajstić information content (AvgIpc) is 2.78. The largest absolute Gasteiger partial charge is 0.323 e. The predicted molar refractivity (Wildman–Crippen MR) is 70.8 cm³/mol. The fraction of sp³-hybridized carbons (Fsp3) is 0.818. The summed E-state index contributed by atoms with van der Waals surface area (Å²) >= 11 is 0. The molecule has 0 amide bonds. The molecule has 1 rings (SSSR count). The van der Waals surface area contributed by atoms with Crippen LogP contribution in [0.5, 0.6) is 0 Å². The summed E-state index contributed by atoms with van der Waals surface area (Å²) in [6.45, 7) is 4.29. The summed E-state index contributed by atoms with van der Waals surface area (Å²) in [7, 11) is -2.89. The standard InChI is InChI=1S/C11H22N4O2S/c1-3-6-10(12)11-9-15(14-13-11)7-5-8-18(16,17)4-2/h9-10H,3-8,12H2,1-2H3. The first kappa shape index (κ1) is 15.1. The van der Waals surface area contributed by atoms with Gasteiger partial charge in [-0.3, -0.25) is 4.68 Å². The molecule has 1 heterocycles. The van der Waals surface area contributed by atoms with Gasteiger partial charge in [0, 0.05) is 12.3 Å². The number of nitrogens with zero attached hydrogens (tertiary/aromatic N) is 3. The van der Waals surface area contributed by atoms with Crippen LogP contribution < -0.4 is 5.73 Å². The van der Waals surface area contributed by atoms with Crippen LogP contribution in [0.1, 0.15) is 44.8 Å². The number of aromatic nitrogens is 3. The van der Waals surface area contributed by atoms with Gasteiger partial charge in [0.05, 0.1) is 23.7 Å². The number of hydrogen-bond acceptors (Lipinski definition) is 5. The second-order valence-electron chi connectivity index (χ2n) is 4.39. The van der Waals surface area contributed by atoms with Crippen molar-refractivity contribution in [3.05, 3.63) is 11.9 Å². The van der Waals surface area contributed by atoms with E-state index in [4.69, 9.17) is 5.73 Å². The van der Waals surface area contributed by atoms with E-state index in [2.05, 4.69) is 17.2 Å². The van der Waals surface area contributed by atoms with E-state index in [-0.39, 0.29) is 17.5 Å². The molecule has 1 atom stereocenters. The summed E-state index contributed by atoms with van der Waals surface area (Å²) in [5.74, 6) is 0.386. The third-order valence-corrected chi connectivity index (χ3v) is 4.61. The first-order valence-corrected chi connectivity index (χ1v) is 8.16. The third kappa shape index (κ3) is 4.73. The van der Waals surface area contributed by atoms with Crippen LogP contribution >= 0.6 is 0 Å². The van der Waals surface area contributed by atoms with Crippen molar-refractivity contribution in [2.24, 2.45) is 5.73 Å². The molecular formula is C11H22N4O2S. The molecule has 104 valence electrons. The average molecular weight is 274 g/mol. The summed E-state index contributed by atoms with van der Waals surface area (Å²) in [5.41, 5.74) is 6.70. The minimum atomic E-state index is -2.89. The van der Waals surface area contributed by atoms with Crippen molar-refractivity contribution in [3.8, 4) is 0 Å². The maximum Gasteiger partial charge on any atom is 0.150 e. The summed E-state index contributed by atoms with van der Waals surface area (Å²) in [6, 6.07) is -0.0804. The fourth-order valence-electron chi connectivity index (χ4n) is 1.64. The van der Waals surface area contributed by atoms with E-state index in [0.717, 1.165) is 18.5 Å². The lowest BCUT2D eigenvalue weighted by atomic mass is 10.1. The number of hydrogen-bond donors (Lipinski definition) is 1. The van der Waals surface area contributed by atoms with Crippen LogP contribution in [0, 0.1) is 0 Å². The molecule has 1 aromatic rings. The zero-order chi connectivity index (χ0) is 13.6. The molecular weight excluding hydrogens is 252 g/mol. The molecule has 0 radical (unpaired) electrons. The minimum Gasteiger partial charge on any atom is -0.323 e. The molecule has 0 saturated heterocycles. The molecule has 2 N–H and O–H groups in total. The van der Waals surface area contributed by atoms with Gasteiger partial charge in [-0.25, -0.2) is 8.42 Å². The molecule has 0 saturated carbocycles. The lowest BCUT2D eigenvalue weighted by molar-refractivity contribution is 0.562. The molecule has 0 bridgehead atoms. The van der Waals surface area contributed by atoms with E-state index < -0.39 is 9.84 Å². The summed E-state index contributed by atoms with van der Waals surface area (Å²) in [5, 5.41) is 7.97. The highest BCUT2D eigenvalue weighted by atomic mass is 32.2. The van der Waals surface area contributed by atoms with Gasteiger partial charge in [0.2, 0.25) is 0 Å². The number of rotatable bonds is 8. The van der Waals surface area contributed by atoms with Gasteiger partial charge in [-0.05, 0) is 12.8 Å². The van der Waals surface area contributed by atoms with E-state index in [1.54, 1.807) is 17.8 Å². The van der Waals surface area contributed by atoms with Crippen molar-refractivity contribution in [3.63, 3.8) is 0 Å². The van der Waals surface area contributed by atoms with Gasteiger partial charge in [-0.15, -0.1) is 5.10 Å². The second-order valence-corrected chi connectivity index (χ2v) is 6.86. The predicted octanol–water partition coefficient (Wildman–Crippen LogP) is 0.903. The van der Waals surface area contributed by atoms with Gasteiger partial charge >= 0.3 is 0 Å². The lowest BCUT2D eigenvalue weighted by Gasteiger charge is -2.04. The van der Waals surface area contributed by atoms with Gasteiger partial charge in [0.1, 0.15) is 9.84 Å². The lowest BCUT2D eigenvalue weighted by Crippen LogP contribution is -2.11. The Morgan fingerprint density at radius 2 is 2.17 bits per heavy atom. The van der Waals surface area contributed by atoms with Gasteiger partial charge in [0.25, 0.3) is 0 Å². The van der Waals surface area contributed by atoms with Crippen LogP contribution in [-0.4, -0.2) is 34.9 Å². The van der Waals surface area contributed by atoms with Crippen molar-refractivity contribution >= 4 is 9.84 Å². The topological polar surface area (TPSA) is 90.9 Å². The summed E-state index contributed by atoms with van der Waals surface area (Å²) < 4.78 is 24.3. The van der Waals surface area contributed by atoms with Crippen molar-refractivity contribution in [2.75, 3.05) is 11.5 Å². The first-order chi connectivity index (χ1) is 8.48. The zero-order valence-electron chi connectivity index (χ0n) is 11.0. The van der Waals surface area contributed by atoms with Crippen LogP contribution in [0.2, 0.25) is 0 Å². The smallest absolute Gasteiger partial charge is 0.150 e. The normalized spacial score (nSPS) is 13.7. The Morgan fingerprint density at radius 1 is 1.44 bits per heavy atom. The summed E-state index contributed by atoms with van der Waals surface area (Å²) in [4.78, 5) is 0. The van der Waals surface area contributed by atoms with Crippen molar-refractivity contribution in [2.45, 2.75) is 45.7 Å². The van der Waals surface area contributed by atoms with Gasteiger partial charge < -0.3 is 5.73 Å². The maximum absolute atomic E-state index is 11.3. The molecule has 0 spiro atoms.